The van der Waals surface area contributed by atoms with Gasteiger partial charge >= 0.3 is 0 Å². The number of nitrogens with zero attached hydrogens (tertiary/aromatic N) is 4. The molecule has 1 aliphatic carbocycles. The van der Waals surface area contributed by atoms with Gasteiger partial charge in [0.2, 0.25) is 0 Å². The fourth-order valence-corrected chi connectivity index (χ4v) is 6.93. The van der Waals surface area contributed by atoms with Gasteiger partial charge in [0, 0.05) is 80.5 Å². The molecule has 4 aromatic rings. The number of hydrogen-bond acceptors (Lipinski definition) is 7. The number of fused-ring (bicyclic) bond motifs is 1. The molecular weight excluding hydrogens is 640 g/mol. The third kappa shape index (κ3) is 8.64. The van der Waals surface area contributed by atoms with Crippen molar-refractivity contribution in [2.24, 2.45) is 0 Å². The summed E-state index contributed by atoms with van der Waals surface area (Å²) in [7, 11) is 1.79. The van der Waals surface area contributed by atoms with E-state index in [0.717, 1.165) is 57.7 Å². The van der Waals surface area contributed by atoms with E-state index in [1.165, 1.54) is 11.1 Å². The minimum absolute atomic E-state index is 0.0490. The van der Waals surface area contributed by atoms with Gasteiger partial charge in [0.15, 0.2) is 0 Å². The molecule has 1 aliphatic heterocycles. The topological polar surface area (TPSA) is 107 Å². The number of amides is 3. The van der Waals surface area contributed by atoms with Gasteiger partial charge < -0.3 is 25.2 Å². The Morgan fingerprint density at radius 1 is 0.882 bits per heavy atom. The molecule has 0 spiro atoms. The summed E-state index contributed by atoms with van der Waals surface area (Å²) in [5, 5.41) is 6.32. The van der Waals surface area contributed by atoms with Crippen molar-refractivity contribution in [3.8, 4) is 11.3 Å². The summed E-state index contributed by atoms with van der Waals surface area (Å²) < 4.78 is 5.43. The predicted molar refractivity (Wildman–Crippen MR) is 201 cm³/mol. The molecule has 1 saturated heterocycles. The highest BCUT2D eigenvalue weighted by molar-refractivity contribution is 6.08. The Hall–Kier alpha value is -5.06. The number of pyridine rings is 1. The van der Waals surface area contributed by atoms with E-state index in [4.69, 9.17) is 4.74 Å². The van der Waals surface area contributed by atoms with Gasteiger partial charge in [0.05, 0.1) is 30.6 Å². The van der Waals surface area contributed by atoms with Gasteiger partial charge in [0.1, 0.15) is 0 Å². The fraction of sp³-hybridized carbons (Fsp3) is 0.366. The third-order valence-electron chi connectivity index (χ3n) is 9.93. The molecular formula is C41H48N6O4. The molecule has 0 bridgehead atoms. The standard InChI is InChI=1S/C41H48N6O4/c1-4-47(5-2)33-16-17-37(44-39(48)30-12-8-13-32(26-30)41(50)45(3)20-21-46-22-24-51-25-23-46)35(28-33)38-27-31(18-19-42-38)40(49)43-36-15-9-11-29-10-6-7-14-34(29)36/h6-8,10,12-14,16-19,26-28,36H,4-5,9,11,15,20-25H2,1-3H3,(H,43,49)(H,44,48). The number of hydrogen-bond donors (Lipinski definition) is 2. The molecule has 10 nitrogen and oxygen atoms in total. The lowest BCUT2D eigenvalue weighted by Gasteiger charge is -2.28. The van der Waals surface area contributed by atoms with Crippen molar-refractivity contribution in [1.29, 1.82) is 0 Å². The van der Waals surface area contributed by atoms with Crippen LogP contribution in [0.15, 0.2) is 85.1 Å². The van der Waals surface area contributed by atoms with Crippen LogP contribution in [0, 0.1) is 0 Å². The van der Waals surface area contributed by atoms with Crippen molar-refractivity contribution < 1.29 is 19.1 Å². The normalized spacial score (nSPS) is 15.8. The van der Waals surface area contributed by atoms with Gasteiger partial charge in [-0.2, -0.15) is 0 Å². The maximum atomic E-state index is 13.8. The van der Waals surface area contributed by atoms with E-state index in [0.29, 0.717) is 53.4 Å². The number of rotatable bonds is 12. The second-order valence-corrected chi connectivity index (χ2v) is 13.2. The summed E-state index contributed by atoms with van der Waals surface area (Å²) in [5.41, 5.74) is 6.58. The Bertz CT molecular complexity index is 1850. The summed E-state index contributed by atoms with van der Waals surface area (Å²) >= 11 is 0. The van der Waals surface area contributed by atoms with E-state index >= 15 is 0 Å². The smallest absolute Gasteiger partial charge is 0.255 e. The monoisotopic (exact) mass is 688 g/mol. The van der Waals surface area contributed by atoms with E-state index < -0.39 is 0 Å². The van der Waals surface area contributed by atoms with Crippen LogP contribution in [-0.4, -0.2) is 92.0 Å². The largest absolute Gasteiger partial charge is 0.379 e. The molecule has 1 fully saturated rings. The number of aryl methyl sites for hydroxylation is 1. The zero-order chi connectivity index (χ0) is 35.7. The van der Waals surface area contributed by atoms with Crippen molar-refractivity contribution in [1.82, 2.24) is 20.1 Å². The van der Waals surface area contributed by atoms with Gasteiger partial charge in [-0.1, -0.05) is 30.3 Å². The van der Waals surface area contributed by atoms with Crippen LogP contribution in [0.2, 0.25) is 0 Å². The number of morpholine rings is 1. The van der Waals surface area contributed by atoms with Gasteiger partial charge in [-0.3, -0.25) is 24.3 Å². The van der Waals surface area contributed by atoms with Crippen LogP contribution in [-0.2, 0) is 11.2 Å². The van der Waals surface area contributed by atoms with Gasteiger partial charge in [0.25, 0.3) is 17.7 Å². The number of ether oxygens (including phenoxy) is 1. The average Bonchev–Trinajstić information content (AvgIpc) is 3.18. The van der Waals surface area contributed by atoms with Crippen LogP contribution in [0.4, 0.5) is 11.4 Å². The summed E-state index contributed by atoms with van der Waals surface area (Å²) in [6, 6.07) is 24.4. The average molecular weight is 689 g/mol. The van der Waals surface area contributed by atoms with E-state index in [9.17, 15) is 14.4 Å². The summed E-state index contributed by atoms with van der Waals surface area (Å²) in [6.45, 7) is 10.3. The second-order valence-electron chi connectivity index (χ2n) is 13.2. The SMILES string of the molecule is CCN(CC)c1ccc(NC(=O)c2cccc(C(=O)N(C)CCN3CCOCC3)c2)c(-c2cc(C(=O)NC3CCCc4ccccc43)ccn2)c1. The lowest BCUT2D eigenvalue weighted by molar-refractivity contribution is 0.0338. The molecule has 6 rings (SSSR count). The van der Waals surface area contributed by atoms with Gasteiger partial charge in [-0.15, -0.1) is 0 Å². The number of aromatic nitrogens is 1. The predicted octanol–water partition coefficient (Wildman–Crippen LogP) is 6.06. The van der Waals surface area contributed by atoms with Crippen LogP contribution in [0.25, 0.3) is 11.3 Å². The van der Waals surface area contributed by atoms with Crippen LogP contribution >= 0.6 is 0 Å². The highest BCUT2D eigenvalue weighted by Gasteiger charge is 2.23. The molecule has 0 saturated carbocycles. The van der Waals surface area contributed by atoms with Crippen LogP contribution in [0.3, 0.4) is 0 Å². The van der Waals surface area contributed by atoms with E-state index in [2.05, 4.69) is 51.4 Å². The Balaban J connectivity index is 1.22. The summed E-state index contributed by atoms with van der Waals surface area (Å²) in [5.74, 6) is -0.650. The molecule has 51 heavy (non-hydrogen) atoms. The van der Waals surface area contributed by atoms with Crippen LogP contribution < -0.4 is 15.5 Å². The minimum atomic E-state index is -0.345. The molecule has 10 heteroatoms. The van der Waals surface area contributed by atoms with Crippen molar-refractivity contribution in [2.75, 3.05) is 69.7 Å². The zero-order valence-electron chi connectivity index (χ0n) is 29.9. The molecule has 2 aliphatic rings. The Kier molecular flexibility index (Phi) is 11.8. The highest BCUT2D eigenvalue weighted by atomic mass is 16.5. The van der Waals surface area contributed by atoms with Crippen molar-refractivity contribution in [2.45, 2.75) is 39.2 Å². The molecule has 2 heterocycles. The molecule has 3 aromatic carbocycles. The Morgan fingerprint density at radius 2 is 1.65 bits per heavy atom. The van der Waals surface area contributed by atoms with Crippen LogP contribution in [0.5, 0.6) is 0 Å². The fourth-order valence-electron chi connectivity index (χ4n) is 6.93. The van der Waals surface area contributed by atoms with Crippen molar-refractivity contribution in [3.05, 3.63) is 113 Å². The number of likely N-dealkylation sites (N-methyl/N-ethyl adjacent to an activating group) is 1. The zero-order valence-corrected chi connectivity index (χ0v) is 29.9. The highest BCUT2D eigenvalue weighted by Crippen LogP contribution is 2.33. The first kappa shape index (κ1) is 35.8. The Morgan fingerprint density at radius 3 is 2.45 bits per heavy atom. The van der Waals surface area contributed by atoms with Crippen molar-refractivity contribution in [3.63, 3.8) is 0 Å². The minimum Gasteiger partial charge on any atom is -0.379 e. The Labute approximate surface area is 300 Å². The van der Waals surface area contributed by atoms with E-state index in [1.807, 2.05) is 30.3 Å². The first-order valence-electron chi connectivity index (χ1n) is 18.1. The van der Waals surface area contributed by atoms with Gasteiger partial charge in [-0.05, 0) is 92.8 Å². The lowest BCUT2D eigenvalue weighted by Crippen LogP contribution is -2.41. The molecule has 3 amide bonds. The van der Waals surface area contributed by atoms with Crippen LogP contribution in [0.1, 0.15) is 74.9 Å². The lowest BCUT2D eigenvalue weighted by atomic mass is 9.87. The van der Waals surface area contributed by atoms with E-state index in [1.54, 1.807) is 54.5 Å². The second kappa shape index (κ2) is 16.8. The maximum absolute atomic E-state index is 13.8. The maximum Gasteiger partial charge on any atom is 0.255 e. The quantitative estimate of drug-likeness (QED) is 0.187. The summed E-state index contributed by atoms with van der Waals surface area (Å²) in [4.78, 5) is 51.6. The number of benzene rings is 3. The number of carbonyl (C=O) groups excluding carboxylic acids is 3. The molecule has 2 N–H and O–H groups in total. The number of anilines is 2. The number of carbonyl (C=O) groups is 3. The van der Waals surface area contributed by atoms with Gasteiger partial charge in [-0.25, -0.2) is 0 Å². The number of nitrogens with one attached hydrogen (secondary N) is 2. The van der Waals surface area contributed by atoms with E-state index in [-0.39, 0.29) is 23.8 Å². The molecule has 1 aromatic heterocycles. The molecule has 1 unspecified atom stereocenters. The van der Waals surface area contributed by atoms with Crippen molar-refractivity contribution >= 4 is 29.1 Å². The first-order valence-corrected chi connectivity index (χ1v) is 18.1. The molecule has 266 valence electrons. The molecule has 1 atom stereocenters. The first-order chi connectivity index (χ1) is 24.8. The molecule has 0 radical (unpaired) electrons. The summed E-state index contributed by atoms with van der Waals surface area (Å²) in [6.07, 6.45) is 4.57. The third-order valence-corrected chi connectivity index (χ3v) is 9.93.